The van der Waals surface area contributed by atoms with Gasteiger partial charge in [-0.2, -0.15) is 0 Å². The fraction of sp³-hybridized carbons (Fsp3) is 1.00. The summed E-state index contributed by atoms with van der Waals surface area (Å²) in [6.07, 6.45) is 5.88. The van der Waals surface area contributed by atoms with Gasteiger partial charge in [-0.05, 0) is 34.3 Å². The van der Waals surface area contributed by atoms with Crippen LogP contribution in [-0.2, 0) is 0 Å². The van der Waals surface area contributed by atoms with Gasteiger partial charge in [0.15, 0.2) is 0 Å². The van der Waals surface area contributed by atoms with Crippen LogP contribution in [0.5, 0.6) is 0 Å². The summed E-state index contributed by atoms with van der Waals surface area (Å²) in [5.41, 5.74) is 0. The van der Waals surface area contributed by atoms with Gasteiger partial charge < -0.3 is 24.0 Å². The highest BCUT2D eigenvalue weighted by Crippen LogP contribution is 2.13. The third kappa shape index (κ3) is 11.9. The van der Waals surface area contributed by atoms with Crippen molar-refractivity contribution in [2.45, 2.75) is 33.6 Å². The molecule has 0 aliphatic heterocycles. The van der Waals surface area contributed by atoms with Crippen molar-refractivity contribution in [1.82, 2.24) is 0 Å². The normalized spacial score (nSPS) is 10.8. The standard InChI is InChI=1S/C8H19P.HI/c1-4-9-7-5-6-8(2)3;/h8-9H,4-7H2,1-3H3;1H. The van der Waals surface area contributed by atoms with Gasteiger partial charge in [-0.3, -0.25) is 0 Å². The minimum Gasteiger partial charge on any atom is -1.00 e. The number of halogens is 1. The Morgan fingerprint density at radius 3 is 2.30 bits per heavy atom. The fourth-order valence-electron chi connectivity index (χ4n) is 0.875. The maximum absolute atomic E-state index is 2.31. The molecule has 0 saturated heterocycles. The van der Waals surface area contributed by atoms with E-state index >= 15 is 0 Å². The Hall–Kier alpha value is 1.16. The predicted octanol–water partition coefficient (Wildman–Crippen LogP) is -0.143. The Morgan fingerprint density at radius 1 is 1.30 bits per heavy atom. The van der Waals surface area contributed by atoms with E-state index in [1.165, 1.54) is 25.2 Å². The molecule has 10 heavy (non-hydrogen) atoms. The lowest BCUT2D eigenvalue weighted by Crippen LogP contribution is -3.00. The van der Waals surface area contributed by atoms with Crippen LogP contribution in [0.4, 0.5) is 0 Å². The molecular formula is C8H20IP. The van der Waals surface area contributed by atoms with Crippen molar-refractivity contribution in [2.75, 3.05) is 12.3 Å². The second kappa shape index (κ2) is 10.2. The van der Waals surface area contributed by atoms with Crippen molar-refractivity contribution in [3.63, 3.8) is 0 Å². The Bertz CT molecular complexity index is 55.2. The summed E-state index contributed by atoms with van der Waals surface area (Å²) in [5, 5.41) is 0. The highest BCUT2D eigenvalue weighted by atomic mass is 127. The lowest BCUT2D eigenvalue weighted by Gasteiger charge is -1.99. The molecule has 0 radical (unpaired) electrons. The van der Waals surface area contributed by atoms with E-state index in [4.69, 9.17) is 0 Å². The van der Waals surface area contributed by atoms with Crippen molar-refractivity contribution >= 4 is 8.58 Å². The molecule has 0 aromatic rings. The molecule has 0 amide bonds. The lowest BCUT2D eigenvalue weighted by molar-refractivity contribution is -0.00000219. The van der Waals surface area contributed by atoms with Gasteiger partial charge in [0.25, 0.3) is 0 Å². The summed E-state index contributed by atoms with van der Waals surface area (Å²) in [5.74, 6) is 0.918. The average molecular weight is 274 g/mol. The highest BCUT2D eigenvalue weighted by molar-refractivity contribution is 7.37. The second-order valence-corrected chi connectivity index (χ2v) is 4.99. The predicted molar refractivity (Wildman–Crippen MR) is 49.2 cm³/mol. The molecule has 0 N–H and O–H groups in total. The fourth-order valence-corrected chi connectivity index (χ4v) is 1.81. The second-order valence-electron chi connectivity index (χ2n) is 3.02. The van der Waals surface area contributed by atoms with E-state index in [2.05, 4.69) is 20.8 Å². The van der Waals surface area contributed by atoms with Crippen molar-refractivity contribution in [3.8, 4) is 0 Å². The van der Waals surface area contributed by atoms with E-state index in [1.54, 1.807) is 0 Å². The van der Waals surface area contributed by atoms with Crippen LogP contribution >= 0.6 is 8.58 Å². The maximum atomic E-state index is 2.31. The highest BCUT2D eigenvalue weighted by Gasteiger charge is 1.94. The van der Waals surface area contributed by atoms with Crippen molar-refractivity contribution in [1.29, 1.82) is 0 Å². The largest absolute Gasteiger partial charge is 1.00 e. The zero-order valence-corrected chi connectivity index (χ0v) is 10.7. The quantitative estimate of drug-likeness (QED) is 0.372. The molecule has 0 bridgehead atoms. The summed E-state index contributed by atoms with van der Waals surface area (Å²) in [6.45, 7) is 6.91. The van der Waals surface area contributed by atoms with Crippen LogP contribution < -0.4 is 24.0 Å². The van der Waals surface area contributed by atoms with Gasteiger partial charge in [-0.1, -0.05) is 13.8 Å². The molecule has 0 saturated carbocycles. The third-order valence-electron chi connectivity index (χ3n) is 1.48. The maximum Gasteiger partial charge on any atom is 0.0549 e. The molecule has 0 rings (SSSR count). The first-order valence-corrected chi connectivity index (χ1v) is 5.72. The molecule has 2 heteroatoms. The van der Waals surface area contributed by atoms with Gasteiger partial charge in [-0.15, -0.1) is 0 Å². The van der Waals surface area contributed by atoms with Crippen LogP contribution in [0.2, 0.25) is 0 Å². The van der Waals surface area contributed by atoms with Gasteiger partial charge in [0.1, 0.15) is 0 Å². The van der Waals surface area contributed by atoms with Crippen molar-refractivity contribution in [3.05, 3.63) is 0 Å². The summed E-state index contributed by atoms with van der Waals surface area (Å²) in [6, 6.07) is 0. The van der Waals surface area contributed by atoms with Crippen LogP contribution in [0.3, 0.4) is 0 Å². The molecule has 0 heterocycles. The molecule has 0 aliphatic rings. The van der Waals surface area contributed by atoms with E-state index in [9.17, 15) is 0 Å². The average Bonchev–Trinajstić information content (AvgIpc) is 1.80. The lowest BCUT2D eigenvalue weighted by atomic mass is 10.1. The Labute approximate surface area is 84.4 Å². The topological polar surface area (TPSA) is 0 Å². The molecule has 0 fully saturated rings. The number of hydrogen-bond donors (Lipinski definition) is 0. The van der Waals surface area contributed by atoms with Gasteiger partial charge in [-0.25, -0.2) is 0 Å². The summed E-state index contributed by atoms with van der Waals surface area (Å²) in [7, 11) is 0.797. The minimum atomic E-state index is 0. The molecule has 0 spiro atoms. The van der Waals surface area contributed by atoms with E-state index in [0.717, 1.165) is 14.5 Å². The van der Waals surface area contributed by atoms with Gasteiger partial charge in [0.2, 0.25) is 0 Å². The smallest absolute Gasteiger partial charge is 0.0549 e. The van der Waals surface area contributed by atoms with Gasteiger partial charge in [0.05, 0.1) is 12.3 Å². The molecule has 64 valence electrons. The molecular weight excluding hydrogens is 254 g/mol. The molecule has 1 unspecified atom stereocenters. The molecule has 1 atom stereocenters. The first-order chi connectivity index (χ1) is 4.27. The molecule has 0 aliphatic carbocycles. The van der Waals surface area contributed by atoms with Gasteiger partial charge in [0, 0.05) is 0 Å². The SMILES string of the molecule is CC[PH2+]CCCC(C)C.[I-]. The minimum absolute atomic E-state index is 0. The van der Waals surface area contributed by atoms with E-state index in [1.807, 2.05) is 0 Å². The Morgan fingerprint density at radius 2 is 1.90 bits per heavy atom. The van der Waals surface area contributed by atoms with E-state index < -0.39 is 0 Å². The van der Waals surface area contributed by atoms with Crippen LogP contribution in [0.1, 0.15) is 33.6 Å². The van der Waals surface area contributed by atoms with Crippen molar-refractivity contribution in [2.24, 2.45) is 5.92 Å². The summed E-state index contributed by atoms with van der Waals surface area (Å²) in [4.78, 5) is 0. The third-order valence-corrected chi connectivity index (χ3v) is 2.87. The first kappa shape index (κ1) is 13.7. The molecule has 0 aromatic heterocycles. The number of rotatable bonds is 5. The zero-order chi connectivity index (χ0) is 7.11. The van der Waals surface area contributed by atoms with E-state index in [0.29, 0.717) is 0 Å². The summed E-state index contributed by atoms with van der Waals surface area (Å²) >= 11 is 0. The zero-order valence-electron chi connectivity index (χ0n) is 7.36. The number of hydrogen-bond acceptors (Lipinski definition) is 0. The Kier molecular flexibility index (Phi) is 13.9. The van der Waals surface area contributed by atoms with Crippen LogP contribution in [0.15, 0.2) is 0 Å². The van der Waals surface area contributed by atoms with Gasteiger partial charge >= 0.3 is 0 Å². The van der Waals surface area contributed by atoms with Crippen LogP contribution in [-0.4, -0.2) is 12.3 Å². The monoisotopic (exact) mass is 274 g/mol. The van der Waals surface area contributed by atoms with E-state index in [-0.39, 0.29) is 24.0 Å². The summed E-state index contributed by atoms with van der Waals surface area (Å²) < 4.78 is 0. The van der Waals surface area contributed by atoms with Crippen molar-refractivity contribution < 1.29 is 24.0 Å². The van der Waals surface area contributed by atoms with Crippen LogP contribution in [0.25, 0.3) is 0 Å². The molecule has 0 nitrogen and oxygen atoms in total. The van der Waals surface area contributed by atoms with Crippen LogP contribution in [0, 0.1) is 5.92 Å². The first-order valence-electron chi connectivity index (χ1n) is 4.09. The molecule has 0 aromatic carbocycles. The Balaban J connectivity index is 0.